The molecule has 15 heavy (non-hydrogen) atoms. The van der Waals surface area contributed by atoms with E-state index in [0.717, 1.165) is 6.08 Å². The molecule has 0 saturated carbocycles. The van der Waals surface area contributed by atoms with Gasteiger partial charge in [-0.1, -0.05) is 12.1 Å². The van der Waals surface area contributed by atoms with Gasteiger partial charge < -0.3 is 9.84 Å². The first-order valence-electron chi connectivity index (χ1n) is 4.32. The molecule has 80 valence electrons. The summed E-state index contributed by atoms with van der Waals surface area (Å²) in [7, 11) is 1.45. The molecule has 0 saturated heterocycles. The number of halogens is 1. The van der Waals surface area contributed by atoms with Crippen LogP contribution in [0.4, 0.5) is 4.39 Å². The van der Waals surface area contributed by atoms with Gasteiger partial charge in [-0.25, -0.2) is 9.18 Å². The maximum Gasteiger partial charge on any atom is 0.328 e. The van der Waals surface area contributed by atoms with Crippen molar-refractivity contribution in [3.63, 3.8) is 0 Å². The van der Waals surface area contributed by atoms with Gasteiger partial charge in [-0.3, -0.25) is 0 Å². The molecule has 1 aromatic rings. The minimum Gasteiger partial charge on any atom is -0.478 e. The summed E-state index contributed by atoms with van der Waals surface area (Å²) in [6.07, 6.45) is 1.01. The van der Waals surface area contributed by atoms with Crippen LogP contribution in [0.2, 0.25) is 0 Å². The molecule has 1 rings (SSSR count). The van der Waals surface area contributed by atoms with Crippen molar-refractivity contribution in [1.29, 1.82) is 0 Å². The van der Waals surface area contributed by atoms with E-state index in [2.05, 4.69) is 0 Å². The Hall–Kier alpha value is -1.68. The van der Waals surface area contributed by atoms with E-state index in [9.17, 15) is 9.18 Å². The zero-order chi connectivity index (χ0) is 11.3. The summed E-state index contributed by atoms with van der Waals surface area (Å²) < 4.78 is 17.7. The Balaban J connectivity index is 3.04. The second-order valence-electron chi connectivity index (χ2n) is 2.95. The average Bonchev–Trinajstić information content (AvgIpc) is 2.16. The van der Waals surface area contributed by atoms with Gasteiger partial charge in [-0.2, -0.15) is 0 Å². The SMILES string of the molecule is COC/C(=C\C(=O)O)c1cccc(F)c1. The molecular formula is C11H11FO3. The van der Waals surface area contributed by atoms with Crippen LogP contribution in [0.1, 0.15) is 5.56 Å². The van der Waals surface area contributed by atoms with Crippen LogP contribution in [0.5, 0.6) is 0 Å². The number of carbonyl (C=O) groups is 1. The molecule has 0 bridgehead atoms. The van der Waals surface area contributed by atoms with Gasteiger partial charge in [-0.15, -0.1) is 0 Å². The third-order valence-corrected chi connectivity index (χ3v) is 1.79. The van der Waals surface area contributed by atoms with E-state index < -0.39 is 11.8 Å². The van der Waals surface area contributed by atoms with Crippen molar-refractivity contribution in [2.45, 2.75) is 0 Å². The number of methoxy groups -OCH3 is 1. The summed E-state index contributed by atoms with van der Waals surface area (Å²) >= 11 is 0. The maximum atomic E-state index is 12.9. The van der Waals surface area contributed by atoms with Crippen molar-refractivity contribution in [1.82, 2.24) is 0 Å². The molecule has 0 fully saturated rings. The quantitative estimate of drug-likeness (QED) is 0.772. The lowest BCUT2D eigenvalue weighted by Crippen LogP contribution is -1.99. The fraction of sp³-hybridized carbons (Fsp3) is 0.182. The van der Waals surface area contributed by atoms with Crippen molar-refractivity contribution in [3.05, 3.63) is 41.7 Å². The van der Waals surface area contributed by atoms with Gasteiger partial charge in [0.25, 0.3) is 0 Å². The smallest absolute Gasteiger partial charge is 0.328 e. The number of carboxylic acids is 1. The van der Waals surface area contributed by atoms with Crippen LogP contribution in [0.3, 0.4) is 0 Å². The third kappa shape index (κ3) is 3.52. The van der Waals surface area contributed by atoms with Gasteiger partial charge in [0, 0.05) is 13.2 Å². The van der Waals surface area contributed by atoms with Crippen LogP contribution in [0, 0.1) is 5.82 Å². The first-order chi connectivity index (χ1) is 7.13. The van der Waals surface area contributed by atoms with Crippen molar-refractivity contribution >= 4 is 11.5 Å². The number of aliphatic carboxylic acids is 1. The Kier molecular flexibility index (Phi) is 4.00. The molecule has 0 aromatic heterocycles. The minimum absolute atomic E-state index is 0.135. The lowest BCUT2D eigenvalue weighted by atomic mass is 10.1. The highest BCUT2D eigenvalue weighted by molar-refractivity contribution is 5.90. The third-order valence-electron chi connectivity index (χ3n) is 1.79. The fourth-order valence-electron chi connectivity index (χ4n) is 1.20. The summed E-state index contributed by atoms with van der Waals surface area (Å²) in [6, 6.07) is 5.73. The molecule has 1 aromatic carbocycles. The van der Waals surface area contributed by atoms with E-state index >= 15 is 0 Å². The Labute approximate surface area is 86.8 Å². The number of benzene rings is 1. The van der Waals surface area contributed by atoms with E-state index in [1.54, 1.807) is 6.07 Å². The summed E-state index contributed by atoms with van der Waals surface area (Å²) in [5.41, 5.74) is 0.948. The van der Waals surface area contributed by atoms with E-state index in [1.807, 2.05) is 0 Å². The number of carboxylic acid groups (broad SMARTS) is 1. The van der Waals surface area contributed by atoms with E-state index in [0.29, 0.717) is 11.1 Å². The van der Waals surface area contributed by atoms with Crippen molar-refractivity contribution in [3.8, 4) is 0 Å². The van der Waals surface area contributed by atoms with Gasteiger partial charge in [0.15, 0.2) is 0 Å². The molecule has 0 atom stereocenters. The summed E-state index contributed by atoms with van der Waals surface area (Å²) in [5.74, 6) is -1.48. The highest BCUT2D eigenvalue weighted by atomic mass is 19.1. The predicted molar refractivity (Wildman–Crippen MR) is 53.9 cm³/mol. The first kappa shape index (κ1) is 11.4. The van der Waals surface area contributed by atoms with Crippen LogP contribution in [-0.2, 0) is 9.53 Å². The maximum absolute atomic E-state index is 12.9. The molecular weight excluding hydrogens is 199 g/mol. The zero-order valence-electron chi connectivity index (χ0n) is 8.24. The van der Waals surface area contributed by atoms with Crippen LogP contribution in [0.15, 0.2) is 30.3 Å². The van der Waals surface area contributed by atoms with E-state index in [-0.39, 0.29) is 6.61 Å². The molecule has 0 aliphatic rings. The second kappa shape index (κ2) is 5.26. The van der Waals surface area contributed by atoms with Crippen molar-refractivity contribution < 1.29 is 19.0 Å². The Bertz CT molecular complexity index is 385. The highest BCUT2D eigenvalue weighted by Gasteiger charge is 2.04. The van der Waals surface area contributed by atoms with E-state index in [1.165, 1.54) is 25.3 Å². The first-order valence-corrected chi connectivity index (χ1v) is 4.32. The van der Waals surface area contributed by atoms with Crippen LogP contribution in [-0.4, -0.2) is 24.8 Å². The average molecular weight is 210 g/mol. The van der Waals surface area contributed by atoms with Gasteiger partial charge >= 0.3 is 5.97 Å². The van der Waals surface area contributed by atoms with Crippen LogP contribution in [0.25, 0.3) is 5.57 Å². The van der Waals surface area contributed by atoms with Gasteiger partial charge in [0.2, 0.25) is 0 Å². The van der Waals surface area contributed by atoms with Crippen molar-refractivity contribution in [2.75, 3.05) is 13.7 Å². The molecule has 0 aliphatic carbocycles. The summed E-state index contributed by atoms with van der Waals surface area (Å²) in [6.45, 7) is 0.135. The topological polar surface area (TPSA) is 46.5 Å². The van der Waals surface area contributed by atoms with E-state index in [4.69, 9.17) is 9.84 Å². The highest BCUT2D eigenvalue weighted by Crippen LogP contribution is 2.15. The van der Waals surface area contributed by atoms with Crippen LogP contribution >= 0.6 is 0 Å². The lowest BCUT2D eigenvalue weighted by molar-refractivity contribution is -0.131. The monoisotopic (exact) mass is 210 g/mol. The zero-order valence-corrected chi connectivity index (χ0v) is 8.24. The molecule has 0 unspecified atom stereocenters. The molecule has 0 heterocycles. The largest absolute Gasteiger partial charge is 0.478 e. The normalized spacial score (nSPS) is 11.5. The Morgan fingerprint density at radius 3 is 2.87 bits per heavy atom. The molecule has 4 heteroatoms. The molecule has 0 radical (unpaired) electrons. The predicted octanol–water partition coefficient (Wildman–Crippen LogP) is 1.94. The second-order valence-corrected chi connectivity index (χ2v) is 2.95. The summed E-state index contributed by atoms with van der Waals surface area (Å²) in [5, 5.41) is 8.62. The molecule has 0 aliphatic heterocycles. The van der Waals surface area contributed by atoms with Gasteiger partial charge in [0.1, 0.15) is 5.82 Å². The van der Waals surface area contributed by atoms with Gasteiger partial charge in [0.05, 0.1) is 6.61 Å². The number of hydrogen-bond donors (Lipinski definition) is 1. The number of hydrogen-bond acceptors (Lipinski definition) is 2. The van der Waals surface area contributed by atoms with Crippen LogP contribution < -0.4 is 0 Å². The molecule has 0 amide bonds. The lowest BCUT2D eigenvalue weighted by Gasteiger charge is -2.05. The Morgan fingerprint density at radius 2 is 2.33 bits per heavy atom. The standard InChI is InChI=1S/C11H11FO3/c1-15-7-9(6-11(13)14)8-3-2-4-10(12)5-8/h2-6H,7H2,1H3,(H,13,14)/b9-6+. The molecule has 0 spiro atoms. The fourth-order valence-corrected chi connectivity index (χ4v) is 1.20. The number of rotatable bonds is 4. The molecule has 1 N–H and O–H groups in total. The minimum atomic E-state index is -1.08. The molecule has 3 nitrogen and oxygen atoms in total. The summed E-state index contributed by atoms with van der Waals surface area (Å²) in [4.78, 5) is 10.5. The van der Waals surface area contributed by atoms with Crippen molar-refractivity contribution in [2.24, 2.45) is 0 Å². The Morgan fingerprint density at radius 1 is 1.60 bits per heavy atom. The van der Waals surface area contributed by atoms with Gasteiger partial charge in [-0.05, 0) is 23.3 Å². The number of ether oxygens (including phenoxy) is 1.